The molecule has 0 spiro atoms. The van der Waals surface area contributed by atoms with Crippen LogP contribution in [0.1, 0.15) is 16.3 Å². The van der Waals surface area contributed by atoms with Crippen molar-refractivity contribution in [3.8, 4) is 5.69 Å². The van der Waals surface area contributed by atoms with E-state index in [1.807, 2.05) is 0 Å². The van der Waals surface area contributed by atoms with Gasteiger partial charge in [0.15, 0.2) is 5.82 Å². The number of carbonyl (C=O) groups is 1. The Morgan fingerprint density at radius 3 is 2.54 bits per heavy atom. The molecule has 0 aliphatic rings. The zero-order valence-electron chi connectivity index (χ0n) is 12.8. The van der Waals surface area contributed by atoms with Gasteiger partial charge in [0.1, 0.15) is 22.4 Å². The number of tetrazole rings is 1. The number of anilines is 1. The molecule has 0 radical (unpaired) electrons. The van der Waals surface area contributed by atoms with Crippen LogP contribution in [0.5, 0.6) is 0 Å². The van der Waals surface area contributed by atoms with Crippen molar-refractivity contribution in [3.05, 3.63) is 55.8 Å². The molecule has 3 aromatic rings. The number of rotatable bonds is 3. The van der Waals surface area contributed by atoms with Crippen molar-refractivity contribution >= 4 is 58.0 Å². The molecule has 134 valence electrons. The van der Waals surface area contributed by atoms with E-state index in [0.717, 1.165) is 6.07 Å². The first kappa shape index (κ1) is 18.8. The molecule has 3 rings (SSSR count). The second-order valence-corrected chi connectivity index (χ2v) is 6.44. The molecular weight excluding hydrogens is 429 g/mol. The Morgan fingerprint density at radius 1 is 1.15 bits per heavy atom. The molecule has 1 N–H and O–H groups in total. The zero-order chi connectivity index (χ0) is 19.0. The van der Waals surface area contributed by atoms with E-state index in [9.17, 15) is 9.18 Å². The first-order valence-electron chi connectivity index (χ1n) is 6.86. The second-order valence-electron chi connectivity index (χ2n) is 4.95. The van der Waals surface area contributed by atoms with E-state index in [2.05, 4.69) is 25.8 Å². The molecule has 2 aromatic heterocycles. The maximum Gasteiger partial charge on any atom is 0.275 e. The number of halogens is 5. The maximum absolute atomic E-state index is 14.1. The third-order valence-electron chi connectivity index (χ3n) is 3.26. The number of aromatic nitrogens is 5. The molecule has 0 atom stereocenters. The molecule has 0 saturated carbocycles. The highest BCUT2D eigenvalue weighted by molar-refractivity contribution is 6.52. The third-order valence-corrected chi connectivity index (χ3v) is 4.93. The summed E-state index contributed by atoms with van der Waals surface area (Å²) in [6, 6.07) is 3.86. The summed E-state index contributed by atoms with van der Waals surface area (Å²) in [6.07, 6.45) is 0. The van der Waals surface area contributed by atoms with Crippen LogP contribution in [0.25, 0.3) is 5.69 Å². The van der Waals surface area contributed by atoms with Crippen LogP contribution in [-0.4, -0.2) is 31.1 Å². The van der Waals surface area contributed by atoms with Gasteiger partial charge < -0.3 is 5.32 Å². The first-order valence-corrected chi connectivity index (χ1v) is 8.37. The van der Waals surface area contributed by atoms with Crippen molar-refractivity contribution in [3.63, 3.8) is 0 Å². The molecule has 7 nitrogen and oxygen atoms in total. The van der Waals surface area contributed by atoms with Gasteiger partial charge in [-0.1, -0.05) is 46.4 Å². The summed E-state index contributed by atoms with van der Waals surface area (Å²) in [5, 5.41) is 12.9. The summed E-state index contributed by atoms with van der Waals surface area (Å²) in [5.74, 6) is -0.915. The van der Waals surface area contributed by atoms with E-state index in [0.29, 0.717) is 5.82 Å². The molecule has 0 unspecified atom stereocenters. The molecule has 12 heteroatoms. The Morgan fingerprint density at radius 2 is 1.88 bits per heavy atom. The number of nitrogens with zero attached hydrogens (tertiary/aromatic N) is 5. The van der Waals surface area contributed by atoms with Crippen LogP contribution in [-0.2, 0) is 0 Å². The van der Waals surface area contributed by atoms with Crippen LogP contribution < -0.4 is 5.32 Å². The average molecular weight is 436 g/mol. The van der Waals surface area contributed by atoms with Crippen LogP contribution >= 0.6 is 46.4 Å². The van der Waals surface area contributed by atoms with Gasteiger partial charge in [-0.25, -0.2) is 9.37 Å². The van der Waals surface area contributed by atoms with Gasteiger partial charge in [-0.05, 0) is 35.5 Å². The predicted molar refractivity (Wildman–Crippen MR) is 96.1 cm³/mol. The monoisotopic (exact) mass is 434 g/mol. The van der Waals surface area contributed by atoms with E-state index >= 15 is 0 Å². The number of hydrogen-bond acceptors (Lipinski definition) is 5. The van der Waals surface area contributed by atoms with E-state index < -0.39 is 11.7 Å². The van der Waals surface area contributed by atoms with Crippen molar-refractivity contribution < 1.29 is 9.18 Å². The maximum atomic E-state index is 14.1. The number of pyridine rings is 1. The quantitative estimate of drug-likeness (QED) is 0.617. The number of hydrogen-bond donors (Lipinski definition) is 1. The molecular formula is C14H7Cl4FN6O. The largest absolute Gasteiger partial charge is 0.321 e. The number of nitrogens with one attached hydrogen (secondary N) is 1. The highest BCUT2D eigenvalue weighted by Crippen LogP contribution is 2.36. The van der Waals surface area contributed by atoms with Crippen LogP contribution in [0.2, 0.25) is 20.2 Å². The highest BCUT2D eigenvalue weighted by atomic mass is 35.5. The Kier molecular flexibility index (Phi) is 5.29. The van der Waals surface area contributed by atoms with Crippen molar-refractivity contribution in [2.24, 2.45) is 0 Å². The molecule has 0 saturated heterocycles. The van der Waals surface area contributed by atoms with Gasteiger partial charge >= 0.3 is 0 Å². The van der Waals surface area contributed by atoms with E-state index in [-0.39, 0.29) is 37.3 Å². The molecule has 2 heterocycles. The van der Waals surface area contributed by atoms with Gasteiger partial charge in [-0.2, -0.15) is 4.68 Å². The molecule has 1 aromatic carbocycles. The van der Waals surface area contributed by atoms with E-state index in [1.54, 1.807) is 6.92 Å². The summed E-state index contributed by atoms with van der Waals surface area (Å²) in [7, 11) is 0. The molecule has 0 bridgehead atoms. The van der Waals surface area contributed by atoms with Crippen LogP contribution in [0.15, 0.2) is 18.2 Å². The number of amides is 1. The summed E-state index contributed by atoms with van der Waals surface area (Å²) in [6.45, 7) is 1.60. The van der Waals surface area contributed by atoms with E-state index in [4.69, 9.17) is 46.4 Å². The zero-order valence-corrected chi connectivity index (χ0v) is 15.8. The van der Waals surface area contributed by atoms with Crippen molar-refractivity contribution in [1.29, 1.82) is 0 Å². The minimum absolute atomic E-state index is 0.0523. The SMILES string of the molecule is Cc1nnnn1-c1cc(NC(=O)c2nc(Cl)c(Cl)c(Cl)c2Cl)ccc1F. The lowest BCUT2D eigenvalue weighted by molar-refractivity contribution is 0.102. The fourth-order valence-corrected chi connectivity index (χ4v) is 2.85. The topological polar surface area (TPSA) is 85.6 Å². The van der Waals surface area contributed by atoms with Crippen molar-refractivity contribution in [2.45, 2.75) is 6.92 Å². The van der Waals surface area contributed by atoms with Gasteiger partial charge in [0.05, 0.1) is 15.1 Å². The number of aryl methyl sites for hydroxylation is 1. The third kappa shape index (κ3) is 3.45. The van der Waals surface area contributed by atoms with Gasteiger partial charge in [-0.15, -0.1) is 5.10 Å². The van der Waals surface area contributed by atoms with E-state index in [1.165, 1.54) is 16.8 Å². The minimum Gasteiger partial charge on any atom is -0.321 e. The number of carbonyl (C=O) groups excluding carboxylic acids is 1. The van der Waals surface area contributed by atoms with Crippen LogP contribution in [0, 0.1) is 12.7 Å². The number of benzene rings is 1. The van der Waals surface area contributed by atoms with Crippen molar-refractivity contribution in [2.75, 3.05) is 5.32 Å². The van der Waals surface area contributed by atoms with Gasteiger partial charge in [0.25, 0.3) is 5.91 Å². The molecule has 1 amide bonds. The highest BCUT2D eigenvalue weighted by Gasteiger charge is 2.21. The average Bonchev–Trinajstić information content (AvgIpc) is 3.03. The lowest BCUT2D eigenvalue weighted by Crippen LogP contribution is -2.15. The Bertz CT molecular complexity index is 1020. The fraction of sp³-hybridized carbons (Fsp3) is 0.0714. The van der Waals surface area contributed by atoms with Gasteiger partial charge in [0.2, 0.25) is 0 Å². The lowest BCUT2D eigenvalue weighted by atomic mass is 10.2. The molecule has 26 heavy (non-hydrogen) atoms. The molecule has 0 aliphatic carbocycles. The lowest BCUT2D eigenvalue weighted by Gasteiger charge is -2.10. The smallest absolute Gasteiger partial charge is 0.275 e. The summed E-state index contributed by atoms with van der Waals surface area (Å²) >= 11 is 23.6. The standard InChI is InChI=1S/C14H7Cl4FN6O/c1-5-22-23-24-25(5)8-4-6(2-3-7(8)19)20-14(26)12-10(16)9(15)11(17)13(18)21-12/h2-4H,1H3,(H,20,26). The Hall–Kier alpha value is -2.00. The predicted octanol–water partition coefficient (Wildman–Crippen LogP) is 4.37. The fourth-order valence-electron chi connectivity index (χ4n) is 2.03. The molecule has 0 fully saturated rings. The van der Waals surface area contributed by atoms with Crippen molar-refractivity contribution in [1.82, 2.24) is 25.2 Å². The van der Waals surface area contributed by atoms with Crippen LogP contribution in [0.3, 0.4) is 0 Å². The van der Waals surface area contributed by atoms with Crippen LogP contribution in [0.4, 0.5) is 10.1 Å². The first-order chi connectivity index (χ1) is 12.3. The summed E-state index contributed by atoms with van der Waals surface area (Å²) in [5.41, 5.74) is 0.0773. The Balaban J connectivity index is 1.95. The molecule has 0 aliphatic heterocycles. The Labute approximate surface area is 166 Å². The normalized spacial score (nSPS) is 10.8. The summed E-state index contributed by atoms with van der Waals surface area (Å²) < 4.78 is 15.3. The van der Waals surface area contributed by atoms with Gasteiger partial charge in [0, 0.05) is 5.69 Å². The van der Waals surface area contributed by atoms with Gasteiger partial charge in [-0.3, -0.25) is 4.79 Å². The summed E-state index contributed by atoms with van der Waals surface area (Å²) in [4.78, 5) is 16.3. The second kappa shape index (κ2) is 7.32. The minimum atomic E-state index is -0.707.